The molecule has 44 heavy (non-hydrogen) atoms. The fourth-order valence-electron chi connectivity index (χ4n) is 6.14. The van der Waals surface area contributed by atoms with Gasteiger partial charge in [0.15, 0.2) is 11.6 Å². The molecule has 238 valence electrons. The van der Waals surface area contributed by atoms with Crippen molar-refractivity contribution in [3.63, 3.8) is 0 Å². The minimum atomic E-state index is -1.32. The van der Waals surface area contributed by atoms with E-state index in [-0.39, 0.29) is 19.4 Å². The first kappa shape index (κ1) is 32.0. The maximum Gasteiger partial charge on any atom is 0.309 e. The number of fused-ring (bicyclic) bond motifs is 1. The summed E-state index contributed by atoms with van der Waals surface area (Å²) in [6.07, 6.45) is 2.08. The van der Waals surface area contributed by atoms with E-state index in [0.29, 0.717) is 64.1 Å². The number of morpholine rings is 1. The van der Waals surface area contributed by atoms with Crippen LogP contribution in [0.3, 0.4) is 0 Å². The van der Waals surface area contributed by atoms with E-state index >= 15 is 0 Å². The first-order chi connectivity index (χ1) is 21.2. The zero-order valence-corrected chi connectivity index (χ0v) is 24.7. The van der Waals surface area contributed by atoms with Gasteiger partial charge < -0.3 is 24.4 Å². The SMILES string of the molecule is COc1ccc2ncc(CN3CCOCC3)c([C@H](O)CCC3(C(=O)O)CCN(CCOc4cc(F)cc(F)c4F)CC3)c2c1. The zero-order valence-electron chi connectivity index (χ0n) is 24.7. The normalized spacial score (nSPS) is 18.3. The van der Waals surface area contributed by atoms with Crippen molar-refractivity contribution in [1.82, 2.24) is 14.8 Å². The number of aromatic nitrogens is 1. The number of hydrogen-bond acceptors (Lipinski definition) is 8. The number of methoxy groups -OCH3 is 1. The highest BCUT2D eigenvalue weighted by atomic mass is 19.2. The number of aliphatic hydroxyl groups excluding tert-OH is 1. The Kier molecular flexibility index (Phi) is 10.2. The number of rotatable bonds is 12. The van der Waals surface area contributed by atoms with Crippen LogP contribution in [0, 0.1) is 22.9 Å². The van der Waals surface area contributed by atoms with Crippen LogP contribution in [0.15, 0.2) is 36.5 Å². The van der Waals surface area contributed by atoms with E-state index in [1.165, 1.54) is 0 Å². The smallest absolute Gasteiger partial charge is 0.309 e. The molecule has 0 spiro atoms. The molecule has 2 saturated heterocycles. The Balaban J connectivity index is 1.25. The number of aliphatic carboxylic acids is 1. The van der Waals surface area contributed by atoms with E-state index in [4.69, 9.17) is 14.2 Å². The van der Waals surface area contributed by atoms with Gasteiger partial charge in [0.1, 0.15) is 18.2 Å². The summed E-state index contributed by atoms with van der Waals surface area (Å²) in [6.45, 7) is 4.62. The molecular formula is C32H38F3N3O6. The quantitative estimate of drug-likeness (QED) is 0.283. The van der Waals surface area contributed by atoms with E-state index in [1.54, 1.807) is 13.3 Å². The number of carboxylic acids is 1. The number of hydrogen-bond donors (Lipinski definition) is 2. The lowest BCUT2D eigenvalue weighted by atomic mass is 9.74. The van der Waals surface area contributed by atoms with Crippen molar-refractivity contribution in [2.75, 3.05) is 59.7 Å². The van der Waals surface area contributed by atoms with Crippen molar-refractivity contribution in [2.45, 2.75) is 38.3 Å². The third-order valence-corrected chi connectivity index (χ3v) is 8.82. The number of carboxylic acid groups (broad SMARTS) is 1. The van der Waals surface area contributed by atoms with E-state index in [1.807, 2.05) is 23.1 Å². The Labute approximate surface area is 254 Å². The lowest BCUT2D eigenvalue weighted by Crippen LogP contribution is -2.45. The molecule has 9 nitrogen and oxygen atoms in total. The number of ether oxygens (including phenoxy) is 3. The molecule has 2 aliphatic heterocycles. The number of halogens is 3. The second kappa shape index (κ2) is 14.1. The van der Waals surface area contributed by atoms with Gasteiger partial charge in [0, 0.05) is 49.9 Å². The molecule has 0 amide bonds. The molecule has 0 saturated carbocycles. The van der Waals surface area contributed by atoms with Crippen LogP contribution in [0.5, 0.6) is 11.5 Å². The predicted molar refractivity (Wildman–Crippen MR) is 156 cm³/mol. The monoisotopic (exact) mass is 617 g/mol. The van der Waals surface area contributed by atoms with Crippen LogP contribution in [0.25, 0.3) is 10.9 Å². The van der Waals surface area contributed by atoms with E-state index in [0.717, 1.165) is 41.2 Å². The topological polar surface area (TPSA) is 105 Å². The lowest BCUT2D eigenvalue weighted by Gasteiger charge is -2.39. The summed E-state index contributed by atoms with van der Waals surface area (Å²) in [4.78, 5) is 21.4. The van der Waals surface area contributed by atoms with Crippen molar-refractivity contribution in [3.8, 4) is 11.5 Å². The van der Waals surface area contributed by atoms with Crippen LogP contribution in [-0.2, 0) is 16.1 Å². The molecule has 2 fully saturated rings. The molecule has 3 aromatic rings. The van der Waals surface area contributed by atoms with Gasteiger partial charge in [-0.3, -0.25) is 19.6 Å². The van der Waals surface area contributed by atoms with Gasteiger partial charge in [-0.05, 0) is 68.1 Å². The number of benzene rings is 2. The number of carbonyl (C=O) groups is 1. The Morgan fingerprint density at radius 2 is 1.84 bits per heavy atom. The maximum absolute atomic E-state index is 13.9. The Morgan fingerprint density at radius 1 is 1.09 bits per heavy atom. The predicted octanol–water partition coefficient (Wildman–Crippen LogP) is 4.55. The Hall–Kier alpha value is -3.45. The minimum Gasteiger partial charge on any atom is -0.497 e. The minimum absolute atomic E-state index is 0.0108. The van der Waals surface area contributed by atoms with Crippen molar-refractivity contribution in [2.24, 2.45) is 5.41 Å². The van der Waals surface area contributed by atoms with E-state index < -0.39 is 40.7 Å². The first-order valence-corrected chi connectivity index (χ1v) is 14.9. The summed E-state index contributed by atoms with van der Waals surface area (Å²) in [6, 6.07) is 6.78. The Morgan fingerprint density at radius 3 is 2.55 bits per heavy atom. The van der Waals surface area contributed by atoms with Gasteiger partial charge in [-0.15, -0.1) is 0 Å². The van der Waals surface area contributed by atoms with E-state index in [9.17, 15) is 28.2 Å². The molecule has 0 radical (unpaired) electrons. The van der Waals surface area contributed by atoms with Crippen LogP contribution < -0.4 is 9.47 Å². The van der Waals surface area contributed by atoms with Crippen LogP contribution in [0.2, 0.25) is 0 Å². The van der Waals surface area contributed by atoms with Crippen molar-refractivity contribution in [3.05, 3.63) is 65.1 Å². The van der Waals surface area contributed by atoms with Crippen molar-refractivity contribution in [1.29, 1.82) is 0 Å². The molecule has 12 heteroatoms. The Bertz CT molecular complexity index is 1460. The molecule has 2 aliphatic rings. The lowest BCUT2D eigenvalue weighted by molar-refractivity contribution is -0.153. The van der Waals surface area contributed by atoms with Crippen molar-refractivity contribution >= 4 is 16.9 Å². The number of nitrogens with zero attached hydrogens (tertiary/aromatic N) is 3. The largest absolute Gasteiger partial charge is 0.497 e. The summed E-state index contributed by atoms with van der Waals surface area (Å²) < 4.78 is 57.0. The second-order valence-electron chi connectivity index (χ2n) is 11.5. The molecule has 2 aromatic carbocycles. The van der Waals surface area contributed by atoms with Crippen molar-refractivity contribution < 1.29 is 42.4 Å². The van der Waals surface area contributed by atoms with Gasteiger partial charge in [-0.2, -0.15) is 4.39 Å². The number of aliphatic hydroxyl groups is 1. The highest BCUT2D eigenvalue weighted by molar-refractivity contribution is 5.85. The van der Waals surface area contributed by atoms with Gasteiger partial charge in [-0.1, -0.05) is 0 Å². The third-order valence-electron chi connectivity index (χ3n) is 8.82. The van der Waals surface area contributed by atoms with Crippen LogP contribution in [0.1, 0.15) is 42.9 Å². The fraction of sp³-hybridized carbons (Fsp3) is 0.500. The molecule has 3 heterocycles. The third kappa shape index (κ3) is 7.26. The van der Waals surface area contributed by atoms with Crippen LogP contribution in [-0.4, -0.2) is 90.6 Å². The zero-order chi connectivity index (χ0) is 31.3. The van der Waals surface area contributed by atoms with Gasteiger partial charge in [0.2, 0.25) is 5.82 Å². The van der Waals surface area contributed by atoms with Crippen LogP contribution in [0.4, 0.5) is 13.2 Å². The van der Waals surface area contributed by atoms with Gasteiger partial charge in [-0.25, -0.2) is 8.78 Å². The summed E-state index contributed by atoms with van der Waals surface area (Å²) in [5, 5.41) is 22.7. The summed E-state index contributed by atoms with van der Waals surface area (Å²) >= 11 is 0. The molecule has 0 unspecified atom stereocenters. The molecule has 2 N–H and O–H groups in total. The van der Waals surface area contributed by atoms with Crippen LogP contribution >= 0.6 is 0 Å². The molecule has 1 aromatic heterocycles. The summed E-state index contributed by atoms with van der Waals surface area (Å²) in [7, 11) is 1.58. The summed E-state index contributed by atoms with van der Waals surface area (Å²) in [5.41, 5.74) is 1.31. The number of likely N-dealkylation sites (tertiary alicyclic amines) is 1. The van der Waals surface area contributed by atoms with E-state index in [2.05, 4.69) is 9.88 Å². The number of pyridine rings is 1. The fourth-order valence-corrected chi connectivity index (χ4v) is 6.14. The second-order valence-corrected chi connectivity index (χ2v) is 11.5. The molecular weight excluding hydrogens is 579 g/mol. The average molecular weight is 618 g/mol. The molecule has 5 rings (SSSR count). The average Bonchev–Trinajstić information content (AvgIpc) is 3.02. The van der Waals surface area contributed by atoms with Gasteiger partial charge in [0.25, 0.3) is 0 Å². The molecule has 1 atom stereocenters. The molecule has 0 aliphatic carbocycles. The first-order valence-electron chi connectivity index (χ1n) is 14.9. The highest BCUT2D eigenvalue weighted by Gasteiger charge is 2.41. The van der Waals surface area contributed by atoms with Gasteiger partial charge in [0.05, 0.1) is 37.4 Å². The highest BCUT2D eigenvalue weighted by Crippen LogP contribution is 2.40. The summed E-state index contributed by atoms with van der Waals surface area (Å²) in [5.74, 6) is -4.27. The maximum atomic E-state index is 13.9. The molecule has 0 bridgehead atoms. The van der Waals surface area contributed by atoms with Gasteiger partial charge >= 0.3 is 5.97 Å². The number of piperidine rings is 1. The standard InChI is InChI=1S/C32H38F3N3O6/c1-42-23-2-3-26-24(18-23)29(21(19-36-26)20-38-10-13-43-14-11-38)27(39)4-5-32(31(40)41)6-8-37(9-7-32)12-15-44-28-17-22(33)16-25(34)30(28)35/h2-3,16-19,27,39H,4-15,20H2,1H3,(H,40,41)/t27-/m1/s1.